The third-order valence-corrected chi connectivity index (χ3v) is 3.40. The standard InChI is InChI=1S/C18H16ClNO2/c1-3-11-22-17-9-7-16(8-10-17)20(2)18(21)13-14-5-4-6-15(19)12-14/h1,4-10,12H,11,13H2,2H3. The minimum absolute atomic E-state index is 0.0143. The van der Waals surface area contributed by atoms with Crippen molar-refractivity contribution in [1.82, 2.24) is 0 Å². The molecule has 0 saturated carbocycles. The molecule has 22 heavy (non-hydrogen) atoms. The number of hydrogen-bond acceptors (Lipinski definition) is 2. The van der Waals surface area contributed by atoms with Gasteiger partial charge in [-0.3, -0.25) is 4.79 Å². The van der Waals surface area contributed by atoms with Gasteiger partial charge in [-0.15, -0.1) is 6.42 Å². The summed E-state index contributed by atoms with van der Waals surface area (Å²) in [6.07, 6.45) is 5.44. The largest absolute Gasteiger partial charge is 0.481 e. The number of rotatable bonds is 5. The van der Waals surface area contributed by atoms with Gasteiger partial charge in [-0.2, -0.15) is 0 Å². The summed E-state index contributed by atoms with van der Waals surface area (Å²) in [5, 5.41) is 0.628. The van der Waals surface area contributed by atoms with Crippen molar-refractivity contribution in [2.45, 2.75) is 6.42 Å². The zero-order valence-corrected chi connectivity index (χ0v) is 13.0. The molecule has 2 aromatic rings. The number of nitrogens with zero attached hydrogens (tertiary/aromatic N) is 1. The zero-order chi connectivity index (χ0) is 15.9. The van der Waals surface area contributed by atoms with E-state index >= 15 is 0 Å². The van der Waals surface area contributed by atoms with E-state index in [0.717, 1.165) is 11.3 Å². The van der Waals surface area contributed by atoms with E-state index < -0.39 is 0 Å². The molecule has 0 heterocycles. The van der Waals surface area contributed by atoms with Crippen LogP contribution in [-0.2, 0) is 11.2 Å². The molecule has 112 valence electrons. The predicted molar refractivity (Wildman–Crippen MR) is 89.3 cm³/mol. The van der Waals surface area contributed by atoms with Crippen molar-refractivity contribution in [2.75, 3.05) is 18.6 Å². The number of ether oxygens (including phenoxy) is 1. The Balaban J connectivity index is 2.02. The summed E-state index contributed by atoms with van der Waals surface area (Å²) >= 11 is 5.93. The molecule has 2 rings (SSSR count). The van der Waals surface area contributed by atoms with Crippen LogP contribution in [0.1, 0.15) is 5.56 Å². The van der Waals surface area contributed by atoms with Gasteiger partial charge in [-0.05, 0) is 42.0 Å². The summed E-state index contributed by atoms with van der Waals surface area (Å²) in [4.78, 5) is 13.9. The normalized spacial score (nSPS) is 9.86. The van der Waals surface area contributed by atoms with Crippen molar-refractivity contribution >= 4 is 23.2 Å². The average molecular weight is 314 g/mol. The number of anilines is 1. The van der Waals surface area contributed by atoms with Crippen LogP contribution in [0.2, 0.25) is 5.02 Å². The Labute approximate surface area is 135 Å². The number of halogens is 1. The first-order chi connectivity index (χ1) is 10.6. The van der Waals surface area contributed by atoms with Gasteiger partial charge in [-0.25, -0.2) is 0 Å². The maximum atomic E-state index is 12.3. The van der Waals surface area contributed by atoms with Crippen LogP contribution < -0.4 is 9.64 Å². The Kier molecular flexibility index (Phi) is 5.46. The highest BCUT2D eigenvalue weighted by Gasteiger charge is 2.12. The van der Waals surface area contributed by atoms with Gasteiger partial charge in [0.2, 0.25) is 5.91 Å². The van der Waals surface area contributed by atoms with Gasteiger partial charge in [0, 0.05) is 17.8 Å². The van der Waals surface area contributed by atoms with Gasteiger partial charge < -0.3 is 9.64 Å². The second kappa shape index (κ2) is 7.53. The van der Waals surface area contributed by atoms with E-state index in [1.807, 2.05) is 24.3 Å². The lowest BCUT2D eigenvalue weighted by atomic mass is 10.1. The molecule has 0 atom stereocenters. The van der Waals surface area contributed by atoms with E-state index in [2.05, 4.69) is 5.92 Å². The van der Waals surface area contributed by atoms with Crippen molar-refractivity contribution in [3.63, 3.8) is 0 Å². The van der Waals surface area contributed by atoms with Crippen LogP contribution >= 0.6 is 11.6 Å². The maximum absolute atomic E-state index is 12.3. The van der Waals surface area contributed by atoms with Crippen molar-refractivity contribution in [2.24, 2.45) is 0 Å². The summed E-state index contributed by atoms with van der Waals surface area (Å²) in [5.74, 6) is 3.07. The van der Waals surface area contributed by atoms with Crippen LogP contribution in [0.3, 0.4) is 0 Å². The number of carbonyl (C=O) groups excluding carboxylic acids is 1. The highest BCUT2D eigenvalue weighted by molar-refractivity contribution is 6.30. The molecule has 0 unspecified atom stereocenters. The molecule has 4 heteroatoms. The van der Waals surface area contributed by atoms with Gasteiger partial charge in [0.05, 0.1) is 6.42 Å². The highest BCUT2D eigenvalue weighted by Crippen LogP contribution is 2.20. The van der Waals surface area contributed by atoms with Gasteiger partial charge in [0.25, 0.3) is 0 Å². The summed E-state index contributed by atoms with van der Waals surface area (Å²) in [5.41, 5.74) is 1.68. The molecule has 0 saturated heterocycles. The van der Waals surface area contributed by atoms with E-state index in [9.17, 15) is 4.79 Å². The number of carbonyl (C=O) groups is 1. The molecule has 0 radical (unpaired) electrons. The SMILES string of the molecule is C#CCOc1ccc(N(C)C(=O)Cc2cccc(Cl)c2)cc1. The third-order valence-electron chi connectivity index (χ3n) is 3.16. The Bertz CT molecular complexity index is 689. The fraction of sp³-hybridized carbons (Fsp3) is 0.167. The van der Waals surface area contributed by atoms with E-state index in [4.69, 9.17) is 22.8 Å². The molecule has 0 bridgehead atoms. The van der Waals surface area contributed by atoms with Crippen LogP contribution in [-0.4, -0.2) is 19.6 Å². The maximum Gasteiger partial charge on any atom is 0.231 e. The van der Waals surface area contributed by atoms with E-state index in [0.29, 0.717) is 17.2 Å². The average Bonchev–Trinajstić information content (AvgIpc) is 2.52. The molecule has 0 spiro atoms. The first kappa shape index (κ1) is 15.9. The summed E-state index contributed by atoms with van der Waals surface area (Å²) in [7, 11) is 1.74. The van der Waals surface area contributed by atoms with Crippen LogP contribution in [0.5, 0.6) is 5.75 Å². The molecule has 3 nitrogen and oxygen atoms in total. The van der Waals surface area contributed by atoms with Crippen LogP contribution in [0.25, 0.3) is 0 Å². The molecule has 0 aliphatic carbocycles. The summed E-state index contributed by atoms with van der Waals surface area (Å²) in [6, 6.07) is 14.5. The van der Waals surface area contributed by atoms with Crippen molar-refractivity contribution < 1.29 is 9.53 Å². The smallest absolute Gasteiger partial charge is 0.231 e. The fourth-order valence-corrected chi connectivity index (χ4v) is 2.19. The van der Waals surface area contributed by atoms with Gasteiger partial charge in [0.1, 0.15) is 12.4 Å². The number of amides is 1. The van der Waals surface area contributed by atoms with Crippen LogP contribution in [0, 0.1) is 12.3 Å². The molecular formula is C18H16ClNO2. The minimum Gasteiger partial charge on any atom is -0.481 e. The van der Waals surface area contributed by atoms with Crippen molar-refractivity contribution in [3.05, 3.63) is 59.1 Å². The monoisotopic (exact) mass is 313 g/mol. The molecule has 2 aromatic carbocycles. The van der Waals surface area contributed by atoms with Crippen molar-refractivity contribution in [3.8, 4) is 18.1 Å². The molecular weight excluding hydrogens is 298 g/mol. The Hall–Kier alpha value is -2.44. The predicted octanol–water partition coefficient (Wildman–Crippen LogP) is 3.56. The van der Waals surface area contributed by atoms with E-state index in [1.165, 1.54) is 0 Å². The van der Waals surface area contributed by atoms with Crippen molar-refractivity contribution in [1.29, 1.82) is 0 Å². The lowest BCUT2D eigenvalue weighted by molar-refractivity contribution is -0.117. The topological polar surface area (TPSA) is 29.5 Å². The first-order valence-corrected chi connectivity index (χ1v) is 7.15. The van der Waals surface area contributed by atoms with Gasteiger partial charge >= 0.3 is 0 Å². The number of likely N-dealkylation sites (N-methyl/N-ethyl adjacent to an activating group) is 1. The highest BCUT2D eigenvalue weighted by atomic mass is 35.5. The van der Waals surface area contributed by atoms with Gasteiger partial charge in [-0.1, -0.05) is 29.7 Å². The lowest BCUT2D eigenvalue weighted by Gasteiger charge is -2.18. The quantitative estimate of drug-likeness (QED) is 0.790. The second-order valence-electron chi connectivity index (χ2n) is 4.75. The molecule has 1 amide bonds. The van der Waals surface area contributed by atoms with Crippen LogP contribution in [0.15, 0.2) is 48.5 Å². The molecule has 0 N–H and O–H groups in total. The first-order valence-electron chi connectivity index (χ1n) is 6.77. The minimum atomic E-state index is -0.0143. The van der Waals surface area contributed by atoms with E-state index in [1.54, 1.807) is 36.2 Å². The number of benzene rings is 2. The molecule has 0 fully saturated rings. The summed E-state index contributed by atoms with van der Waals surface area (Å²) in [6.45, 7) is 0.225. The Morgan fingerprint density at radius 1 is 1.27 bits per heavy atom. The van der Waals surface area contributed by atoms with Gasteiger partial charge in [0.15, 0.2) is 0 Å². The Morgan fingerprint density at radius 2 is 2.00 bits per heavy atom. The van der Waals surface area contributed by atoms with Crippen LogP contribution in [0.4, 0.5) is 5.69 Å². The molecule has 0 aromatic heterocycles. The summed E-state index contributed by atoms with van der Waals surface area (Å²) < 4.78 is 5.30. The fourth-order valence-electron chi connectivity index (χ4n) is 1.98. The zero-order valence-electron chi connectivity index (χ0n) is 12.3. The lowest BCUT2D eigenvalue weighted by Crippen LogP contribution is -2.27. The number of hydrogen-bond donors (Lipinski definition) is 0. The third kappa shape index (κ3) is 4.28. The molecule has 0 aliphatic rings. The Morgan fingerprint density at radius 3 is 2.64 bits per heavy atom. The molecule has 0 aliphatic heterocycles. The number of terminal acetylenes is 1. The second-order valence-corrected chi connectivity index (χ2v) is 5.18. The van der Waals surface area contributed by atoms with E-state index in [-0.39, 0.29) is 12.5 Å².